The smallest absolute Gasteiger partial charge is 0.293 e. The topological polar surface area (TPSA) is 80.6 Å². The van der Waals surface area contributed by atoms with E-state index in [1.807, 2.05) is 0 Å². The van der Waals surface area contributed by atoms with E-state index in [-0.39, 0.29) is 6.54 Å². The van der Waals surface area contributed by atoms with E-state index in [0.29, 0.717) is 5.82 Å². The summed E-state index contributed by atoms with van der Waals surface area (Å²) in [5.74, 6) is 0.520. The number of H-pyrrole nitrogens is 1. The molecule has 0 bridgehead atoms. The third-order valence-corrected chi connectivity index (χ3v) is 1.83. The molecule has 6 heteroatoms. The molecule has 0 saturated carbocycles. The molecule has 2 heterocycles. The van der Waals surface area contributed by atoms with Crippen molar-refractivity contribution >= 4 is 0 Å². The second-order valence-corrected chi connectivity index (χ2v) is 2.90. The van der Waals surface area contributed by atoms with Gasteiger partial charge in [0.05, 0.1) is 6.54 Å². The van der Waals surface area contributed by atoms with Gasteiger partial charge in [-0.15, -0.1) is 0 Å². The molecule has 0 aliphatic carbocycles. The third-order valence-electron chi connectivity index (χ3n) is 1.83. The summed E-state index contributed by atoms with van der Waals surface area (Å²) in [6, 6.07) is 2.98. The molecule has 0 saturated heterocycles. The van der Waals surface area contributed by atoms with Gasteiger partial charge in [-0.2, -0.15) is 0 Å². The fourth-order valence-corrected chi connectivity index (χ4v) is 1.13. The summed E-state index contributed by atoms with van der Waals surface area (Å²) in [5, 5.41) is 0. The molecule has 0 radical (unpaired) electrons. The highest BCUT2D eigenvalue weighted by atomic mass is 16.2. The quantitative estimate of drug-likeness (QED) is 0.706. The molecule has 15 heavy (non-hydrogen) atoms. The number of nitrogens with one attached hydrogen (secondary N) is 1. The Labute approximate surface area is 84.3 Å². The molecule has 0 amide bonds. The molecule has 0 aliphatic rings. The van der Waals surface area contributed by atoms with Gasteiger partial charge in [-0.3, -0.25) is 14.3 Å². The van der Waals surface area contributed by atoms with E-state index in [4.69, 9.17) is 0 Å². The Bertz CT molecular complexity index is 558. The van der Waals surface area contributed by atoms with Crippen LogP contribution < -0.4 is 11.2 Å². The van der Waals surface area contributed by atoms with Crippen LogP contribution in [-0.4, -0.2) is 19.5 Å². The fourth-order valence-electron chi connectivity index (χ4n) is 1.13. The Kier molecular flexibility index (Phi) is 2.40. The average molecular weight is 204 g/mol. The second-order valence-electron chi connectivity index (χ2n) is 2.90. The van der Waals surface area contributed by atoms with Crippen molar-refractivity contribution in [2.45, 2.75) is 6.54 Å². The molecule has 1 N–H and O–H groups in total. The summed E-state index contributed by atoms with van der Waals surface area (Å²) in [6.07, 6.45) is 4.61. The van der Waals surface area contributed by atoms with Gasteiger partial charge in [0, 0.05) is 24.7 Å². The van der Waals surface area contributed by atoms with E-state index in [0.717, 1.165) is 0 Å². The van der Waals surface area contributed by atoms with Crippen LogP contribution in [0.25, 0.3) is 0 Å². The van der Waals surface area contributed by atoms with Crippen LogP contribution in [0.15, 0.2) is 40.3 Å². The molecule has 6 nitrogen and oxygen atoms in total. The van der Waals surface area contributed by atoms with Gasteiger partial charge in [0.1, 0.15) is 5.82 Å². The minimum atomic E-state index is -0.463. The lowest BCUT2D eigenvalue weighted by Gasteiger charge is -2.01. The highest BCUT2D eigenvalue weighted by molar-refractivity contribution is 4.91. The maximum Gasteiger partial charge on any atom is 0.328 e. The standard InChI is InChI=1S/C9H8N4O2/c14-8-2-5-13(9(15)12-8)6-7-10-3-1-4-11-7/h1-5H,6H2,(H,12,14,15). The Morgan fingerprint density at radius 2 is 2.00 bits per heavy atom. The first-order valence-electron chi connectivity index (χ1n) is 4.31. The van der Waals surface area contributed by atoms with Crippen LogP contribution >= 0.6 is 0 Å². The Morgan fingerprint density at radius 1 is 1.27 bits per heavy atom. The van der Waals surface area contributed by atoms with Gasteiger partial charge in [-0.1, -0.05) is 0 Å². The van der Waals surface area contributed by atoms with Crippen molar-refractivity contribution in [3.63, 3.8) is 0 Å². The summed E-state index contributed by atoms with van der Waals surface area (Å²) < 4.78 is 1.33. The van der Waals surface area contributed by atoms with Crippen molar-refractivity contribution in [3.8, 4) is 0 Å². The molecular weight excluding hydrogens is 196 g/mol. The maximum atomic E-state index is 11.3. The zero-order valence-electron chi connectivity index (χ0n) is 7.75. The van der Waals surface area contributed by atoms with Crippen molar-refractivity contribution in [1.82, 2.24) is 19.5 Å². The third kappa shape index (κ3) is 2.16. The van der Waals surface area contributed by atoms with Crippen LogP contribution in [0, 0.1) is 0 Å². The van der Waals surface area contributed by atoms with Crippen LogP contribution in [0.3, 0.4) is 0 Å². The van der Waals surface area contributed by atoms with Gasteiger partial charge in [0.25, 0.3) is 5.56 Å². The van der Waals surface area contributed by atoms with Crippen molar-refractivity contribution in [1.29, 1.82) is 0 Å². The van der Waals surface area contributed by atoms with E-state index >= 15 is 0 Å². The minimum Gasteiger partial charge on any atom is -0.293 e. The van der Waals surface area contributed by atoms with Crippen LogP contribution in [-0.2, 0) is 6.54 Å². The fraction of sp³-hybridized carbons (Fsp3) is 0.111. The predicted molar refractivity (Wildman–Crippen MR) is 52.5 cm³/mol. The van der Waals surface area contributed by atoms with Crippen LogP contribution in [0.4, 0.5) is 0 Å². The Balaban J connectivity index is 2.33. The van der Waals surface area contributed by atoms with E-state index in [2.05, 4.69) is 15.0 Å². The van der Waals surface area contributed by atoms with Gasteiger partial charge >= 0.3 is 5.69 Å². The lowest BCUT2D eigenvalue weighted by Crippen LogP contribution is -2.29. The van der Waals surface area contributed by atoms with Crippen molar-refractivity contribution in [3.05, 3.63) is 57.4 Å². The predicted octanol–water partition coefficient (Wildman–Crippen LogP) is -0.625. The number of aromatic amines is 1. The zero-order chi connectivity index (χ0) is 10.7. The average Bonchev–Trinajstić information content (AvgIpc) is 2.24. The number of nitrogens with zero attached hydrogens (tertiary/aromatic N) is 3. The maximum absolute atomic E-state index is 11.3. The molecule has 0 aliphatic heterocycles. The summed E-state index contributed by atoms with van der Waals surface area (Å²) >= 11 is 0. The second kappa shape index (κ2) is 3.87. The lowest BCUT2D eigenvalue weighted by molar-refractivity contribution is 0.685. The van der Waals surface area contributed by atoms with E-state index in [9.17, 15) is 9.59 Å². The SMILES string of the molecule is O=c1ccn(Cc2ncccn2)c(=O)[nH]1. The van der Waals surface area contributed by atoms with Gasteiger partial charge in [0.15, 0.2) is 0 Å². The summed E-state index contributed by atoms with van der Waals surface area (Å²) in [7, 11) is 0. The van der Waals surface area contributed by atoms with Crippen molar-refractivity contribution in [2.75, 3.05) is 0 Å². The lowest BCUT2D eigenvalue weighted by atomic mass is 10.5. The van der Waals surface area contributed by atoms with Crippen LogP contribution in [0.2, 0.25) is 0 Å². The zero-order valence-corrected chi connectivity index (χ0v) is 7.75. The summed E-state index contributed by atoms with van der Waals surface area (Å²) in [5.41, 5.74) is -0.875. The van der Waals surface area contributed by atoms with E-state index in [1.54, 1.807) is 18.5 Å². The first-order valence-corrected chi connectivity index (χ1v) is 4.31. The molecule has 0 fully saturated rings. The molecule has 2 aromatic rings. The number of hydrogen-bond donors (Lipinski definition) is 1. The van der Waals surface area contributed by atoms with Crippen LogP contribution in [0.1, 0.15) is 5.82 Å². The monoisotopic (exact) mass is 204 g/mol. The van der Waals surface area contributed by atoms with Crippen molar-refractivity contribution in [2.24, 2.45) is 0 Å². The molecule has 2 rings (SSSR count). The Morgan fingerprint density at radius 3 is 2.67 bits per heavy atom. The van der Waals surface area contributed by atoms with E-state index < -0.39 is 11.2 Å². The number of rotatable bonds is 2. The van der Waals surface area contributed by atoms with Gasteiger partial charge in [0.2, 0.25) is 0 Å². The first kappa shape index (κ1) is 9.32. The largest absolute Gasteiger partial charge is 0.328 e. The molecule has 0 unspecified atom stereocenters. The molecular formula is C9H8N4O2. The molecule has 0 atom stereocenters. The highest BCUT2D eigenvalue weighted by Crippen LogP contribution is 1.89. The number of hydrogen-bond acceptors (Lipinski definition) is 4. The van der Waals surface area contributed by atoms with Crippen molar-refractivity contribution < 1.29 is 0 Å². The Hall–Kier alpha value is -2.24. The first-order chi connectivity index (χ1) is 7.25. The van der Waals surface area contributed by atoms with Crippen LogP contribution in [0.5, 0.6) is 0 Å². The van der Waals surface area contributed by atoms with Gasteiger partial charge in [-0.05, 0) is 6.07 Å². The number of aromatic nitrogens is 4. The summed E-state index contributed by atoms with van der Waals surface area (Å²) in [4.78, 5) is 32.2. The summed E-state index contributed by atoms with van der Waals surface area (Å²) in [6.45, 7) is 0.246. The minimum absolute atomic E-state index is 0.246. The normalized spacial score (nSPS) is 10.1. The molecule has 0 aromatic carbocycles. The molecule has 0 spiro atoms. The van der Waals surface area contributed by atoms with E-state index in [1.165, 1.54) is 16.8 Å². The van der Waals surface area contributed by atoms with Gasteiger partial charge < -0.3 is 0 Å². The molecule has 76 valence electrons. The molecule has 2 aromatic heterocycles. The van der Waals surface area contributed by atoms with Gasteiger partial charge in [-0.25, -0.2) is 14.8 Å². The highest BCUT2D eigenvalue weighted by Gasteiger charge is 1.99.